The van der Waals surface area contributed by atoms with Crippen molar-refractivity contribution in [1.29, 1.82) is 0 Å². The molecule has 0 atom stereocenters. The van der Waals surface area contributed by atoms with Crippen molar-refractivity contribution >= 4 is 15.9 Å². The van der Waals surface area contributed by atoms with Crippen LogP contribution < -0.4 is 0 Å². The molecule has 11 heteroatoms. The Kier molecular flexibility index (Phi) is 37.2. The van der Waals surface area contributed by atoms with Gasteiger partial charge in [0.05, 0.1) is 126 Å². The Morgan fingerprint density at radius 2 is 0.526 bits per heavy atom. The Morgan fingerprint density at radius 3 is 0.789 bits per heavy atom. The molecule has 0 saturated carbocycles. The van der Waals surface area contributed by atoms with Gasteiger partial charge in [-0.1, -0.05) is 48.5 Å². The molecule has 0 aromatic carbocycles. The molecule has 10 nitrogen and oxygen atoms in total. The van der Waals surface area contributed by atoms with E-state index in [2.05, 4.69) is 22.9 Å². The first-order chi connectivity index (χ1) is 18.9. The summed E-state index contributed by atoms with van der Waals surface area (Å²) in [7, 11) is 0. The van der Waals surface area contributed by atoms with Crippen molar-refractivity contribution in [3.8, 4) is 0 Å². The van der Waals surface area contributed by atoms with Crippen LogP contribution in [0.1, 0.15) is 39.0 Å². The number of halogens is 1. The zero-order valence-electron chi connectivity index (χ0n) is 23.8. The van der Waals surface area contributed by atoms with Gasteiger partial charge in [-0.05, 0) is 6.42 Å². The van der Waals surface area contributed by atoms with E-state index in [0.29, 0.717) is 126 Å². The maximum atomic E-state index is 5.55. The SMILES string of the molecule is CCCCCCCOCCOCCOCCOCCOCCOCCOCCOCCOCCOCCBr. The molecule has 0 aromatic heterocycles. The molecule has 38 heavy (non-hydrogen) atoms. The molecule has 0 aromatic rings. The second-order valence-corrected chi connectivity index (χ2v) is 9.02. The van der Waals surface area contributed by atoms with Crippen molar-refractivity contribution in [1.82, 2.24) is 0 Å². The van der Waals surface area contributed by atoms with Gasteiger partial charge in [0.1, 0.15) is 0 Å². The van der Waals surface area contributed by atoms with Crippen LogP contribution in [0.5, 0.6) is 0 Å². The highest BCUT2D eigenvalue weighted by molar-refractivity contribution is 9.09. The van der Waals surface area contributed by atoms with Gasteiger partial charge < -0.3 is 47.4 Å². The normalized spacial score (nSPS) is 11.5. The zero-order chi connectivity index (χ0) is 27.5. The third kappa shape index (κ3) is 36.1. The lowest BCUT2D eigenvalue weighted by atomic mass is 10.2. The summed E-state index contributed by atoms with van der Waals surface area (Å²) < 4.78 is 54.5. The molecule has 0 amide bonds. The Balaban J connectivity index is 3.01. The highest BCUT2D eigenvalue weighted by atomic mass is 79.9. The highest BCUT2D eigenvalue weighted by Gasteiger charge is 1.96. The van der Waals surface area contributed by atoms with Crippen molar-refractivity contribution in [3.05, 3.63) is 0 Å². The number of hydrogen-bond acceptors (Lipinski definition) is 10. The molecule has 0 bridgehead atoms. The van der Waals surface area contributed by atoms with Crippen molar-refractivity contribution < 1.29 is 47.4 Å². The summed E-state index contributed by atoms with van der Waals surface area (Å²) in [5.41, 5.74) is 0. The van der Waals surface area contributed by atoms with Crippen LogP contribution in [-0.2, 0) is 47.4 Å². The maximum absolute atomic E-state index is 5.55. The molecule has 0 aliphatic rings. The molecule has 0 spiro atoms. The summed E-state index contributed by atoms with van der Waals surface area (Å²) in [5, 5.41) is 0.843. The van der Waals surface area contributed by atoms with Gasteiger partial charge >= 0.3 is 0 Å². The number of alkyl halides is 1. The first kappa shape index (κ1) is 38.1. The molecule has 0 N–H and O–H groups in total. The molecule has 0 fully saturated rings. The zero-order valence-corrected chi connectivity index (χ0v) is 25.4. The lowest BCUT2D eigenvalue weighted by Gasteiger charge is -2.09. The minimum absolute atomic E-state index is 0.531. The van der Waals surface area contributed by atoms with Crippen molar-refractivity contribution in [2.75, 3.05) is 137 Å². The Hall–Kier alpha value is 0.0800. The Labute approximate surface area is 239 Å². The van der Waals surface area contributed by atoms with E-state index in [1.165, 1.54) is 25.7 Å². The third-order valence-corrected chi connectivity index (χ3v) is 5.29. The fourth-order valence-corrected chi connectivity index (χ4v) is 3.17. The van der Waals surface area contributed by atoms with Crippen molar-refractivity contribution in [3.63, 3.8) is 0 Å². The summed E-state index contributed by atoms with van der Waals surface area (Å²) in [6.45, 7) is 13.8. The van der Waals surface area contributed by atoms with E-state index in [1.807, 2.05) is 0 Å². The first-order valence-corrected chi connectivity index (χ1v) is 15.4. The van der Waals surface area contributed by atoms with Crippen LogP contribution in [0.25, 0.3) is 0 Å². The van der Waals surface area contributed by atoms with Gasteiger partial charge in [-0.2, -0.15) is 0 Å². The summed E-state index contributed by atoms with van der Waals surface area (Å²) in [6, 6.07) is 0. The Bertz CT molecular complexity index is 374. The minimum Gasteiger partial charge on any atom is -0.379 e. The second-order valence-electron chi connectivity index (χ2n) is 8.23. The fraction of sp³-hybridized carbons (Fsp3) is 1.00. The van der Waals surface area contributed by atoms with Crippen LogP contribution >= 0.6 is 15.9 Å². The average Bonchev–Trinajstić information content (AvgIpc) is 2.93. The van der Waals surface area contributed by atoms with E-state index >= 15 is 0 Å². The van der Waals surface area contributed by atoms with Gasteiger partial charge in [-0.3, -0.25) is 0 Å². The lowest BCUT2D eigenvalue weighted by Crippen LogP contribution is -2.15. The Morgan fingerprint density at radius 1 is 0.289 bits per heavy atom. The molecule has 0 unspecified atom stereocenters. The molecular weight excluding hydrogens is 564 g/mol. The molecule has 0 aliphatic carbocycles. The van der Waals surface area contributed by atoms with Gasteiger partial charge in [-0.25, -0.2) is 0 Å². The van der Waals surface area contributed by atoms with Crippen LogP contribution in [0.4, 0.5) is 0 Å². The third-order valence-electron chi connectivity index (χ3n) is 4.96. The summed E-state index contributed by atoms with van der Waals surface area (Å²) in [6.07, 6.45) is 6.30. The van der Waals surface area contributed by atoms with E-state index in [1.54, 1.807) is 0 Å². The monoisotopic (exact) mass is 618 g/mol. The molecule has 230 valence electrons. The van der Waals surface area contributed by atoms with Crippen LogP contribution in [0.15, 0.2) is 0 Å². The maximum Gasteiger partial charge on any atom is 0.0701 e. The predicted octanol–water partition coefficient (Wildman–Crippen LogP) is 3.52. The summed E-state index contributed by atoms with van der Waals surface area (Å²) in [5.74, 6) is 0. The van der Waals surface area contributed by atoms with Crippen LogP contribution in [-0.4, -0.2) is 137 Å². The number of rotatable bonds is 35. The van der Waals surface area contributed by atoms with Crippen molar-refractivity contribution in [2.45, 2.75) is 39.0 Å². The average molecular weight is 620 g/mol. The van der Waals surface area contributed by atoms with E-state index in [9.17, 15) is 0 Å². The number of ether oxygens (including phenoxy) is 10. The standard InChI is InChI=1S/C27H55BrO10/c1-2-3-4-5-6-8-29-10-12-31-14-16-33-18-20-35-22-24-37-26-27-38-25-23-36-21-19-34-17-15-32-13-11-30-9-7-28/h2-27H2,1H3. The topological polar surface area (TPSA) is 92.3 Å². The number of unbranched alkanes of at least 4 members (excludes halogenated alkanes) is 4. The smallest absolute Gasteiger partial charge is 0.0701 e. The van der Waals surface area contributed by atoms with Crippen LogP contribution in [0.2, 0.25) is 0 Å². The number of hydrogen-bond donors (Lipinski definition) is 0. The second kappa shape index (κ2) is 37.1. The largest absolute Gasteiger partial charge is 0.379 e. The lowest BCUT2D eigenvalue weighted by molar-refractivity contribution is -0.0262. The van der Waals surface area contributed by atoms with Gasteiger partial charge in [-0.15, -0.1) is 0 Å². The van der Waals surface area contributed by atoms with Gasteiger partial charge in [0, 0.05) is 11.9 Å². The minimum atomic E-state index is 0.531. The van der Waals surface area contributed by atoms with Gasteiger partial charge in [0.2, 0.25) is 0 Å². The molecular formula is C27H55BrO10. The van der Waals surface area contributed by atoms with Crippen LogP contribution in [0, 0.1) is 0 Å². The molecule has 0 aliphatic heterocycles. The first-order valence-electron chi connectivity index (χ1n) is 14.2. The molecule has 0 radical (unpaired) electrons. The van der Waals surface area contributed by atoms with Gasteiger partial charge in [0.25, 0.3) is 0 Å². The van der Waals surface area contributed by atoms with E-state index in [-0.39, 0.29) is 0 Å². The van der Waals surface area contributed by atoms with Gasteiger partial charge in [0.15, 0.2) is 0 Å². The van der Waals surface area contributed by atoms with E-state index in [0.717, 1.165) is 18.4 Å². The molecule has 0 saturated heterocycles. The summed E-state index contributed by atoms with van der Waals surface area (Å²) >= 11 is 3.30. The highest BCUT2D eigenvalue weighted by Crippen LogP contribution is 2.02. The summed E-state index contributed by atoms with van der Waals surface area (Å²) in [4.78, 5) is 0. The van der Waals surface area contributed by atoms with Crippen LogP contribution in [0.3, 0.4) is 0 Å². The van der Waals surface area contributed by atoms with Crippen molar-refractivity contribution in [2.24, 2.45) is 0 Å². The van der Waals surface area contributed by atoms with E-state index in [4.69, 9.17) is 47.4 Å². The quantitative estimate of drug-likeness (QED) is 0.0776. The van der Waals surface area contributed by atoms with E-state index < -0.39 is 0 Å². The predicted molar refractivity (Wildman–Crippen MR) is 151 cm³/mol. The molecule has 0 rings (SSSR count). The molecule has 0 heterocycles. The fourth-order valence-electron chi connectivity index (χ4n) is 2.94.